The predicted octanol–water partition coefficient (Wildman–Crippen LogP) is 0.664. The highest BCUT2D eigenvalue weighted by molar-refractivity contribution is 6.12. The molecule has 1 heterocycles. The standard InChI is InChI=1S/C11H10N4O3/c1-18-8-4-2-7(3-5-8)9(16)6-10(17)11-12-14-15-13-11/h2-5H,6H2,1H3,(H,12,13,14,15). The van der Waals surface area contributed by atoms with Gasteiger partial charge in [-0.15, -0.1) is 10.2 Å². The summed E-state index contributed by atoms with van der Waals surface area (Å²) in [7, 11) is 1.54. The number of nitrogens with zero attached hydrogens (tertiary/aromatic N) is 3. The summed E-state index contributed by atoms with van der Waals surface area (Å²) in [5.74, 6) is -0.204. The van der Waals surface area contributed by atoms with Crippen molar-refractivity contribution < 1.29 is 14.3 Å². The normalized spacial score (nSPS) is 10.1. The number of tetrazole rings is 1. The van der Waals surface area contributed by atoms with E-state index in [4.69, 9.17) is 4.74 Å². The van der Waals surface area contributed by atoms with Gasteiger partial charge in [0.15, 0.2) is 5.78 Å². The summed E-state index contributed by atoms with van der Waals surface area (Å²) in [6.07, 6.45) is -0.286. The number of hydrogen-bond acceptors (Lipinski definition) is 6. The first-order valence-electron chi connectivity index (χ1n) is 5.14. The molecule has 0 amide bonds. The third-order valence-electron chi connectivity index (χ3n) is 2.33. The van der Waals surface area contributed by atoms with Crippen molar-refractivity contribution in [3.05, 3.63) is 35.7 Å². The molecule has 0 saturated heterocycles. The highest BCUT2D eigenvalue weighted by atomic mass is 16.5. The average molecular weight is 246 g/mol. The monoisotopic (exact) mass is 246 g/mol. The molecule has 1 aromatic heterocycles. The SMILES string of the molecule is COc1ccc(C(=O)CC(=O)c2nn[nH]n2)cc1. The second kappa shape index (κ2) is 5.17. The maximum absolute atomic E-state index is 11.8. The van der Waals surface area contributed by atoms with Gasteiger partial charge in [-0.05, 0) is 29.5 Å². The first-order valence-corrected chi connectivity index (χ1v) is 5.14. The van der Waals surface area contributed by atoms with E-state index in [1.807, 2.05) is 0 Å². The number of nitrogens with one attached hydrogen (secondary N) is 1. The lowest BCUT2D eigenvalue weighted by Crippen LogP contribution is -2.10. The van der Waals surface area contributed by atoms with Crippen LogP contribution in [-0.4, -0.2) is 39.3 Å². The Labute approximate surface area is 102 Å². The van der Waals surface area contributed by atoms with Crippen molar-refractivity contribution in [2.75, 3.05) is 7.11 Å². The topological polar surface area (TPSA) is 97.8 Å². The molecule has 1 aromatic carbocycles. The maximum atomic E-state index is 11.8. The van der Waals surface area contributed by atoms with E-state index in [-0.39, 0.29) is 18.0 Å². The van der Waals surface area contributed by atoms with E-state index in [1.165, 1.54) is 7.11 Å². The van der Waals surface area contributed by atoms with Gasteiger partial charge in [0.05, 0.1) is 13.5 Å². The van der Waals surface area contributed by atoms with Crippen molar-refractivity contribution in [1.29, 1.82) is 0 Å². The average Bonchev–Trinajstić information content (AvgIpc) is 2.92. The number of carbonyl (C=O) groups excluding carboxylic acids is 2. The fourth-order valence-corrected chi connectivity index (χ4v) is 1.38. The van der Waals surface area contributed by atoms with Crippen molar-refractivity contribution in [3.8, 4) is 5.75 Å². The van der Waals surface area contributed by atoms with Gasteiger partial charge >= 0.3 is 0 Å². The summed E-state index contributed by atoms with van der Waals surface area (Å²) in [6, 6.07) is 6.52. The van der Waals surface area contributed by atoms with Gasteiger partial charge in [0.2, 0.25) is 11.6 Å². The fourth-order valence-electron chi connectivity index (χ4n) is 1.38. The van der Waals surface area contributed by atoms with E-state index in [1.54, 1.807) is 24.3 Å². The number of ether oxygens (including phenoxy) is 1. The molecule has 7 nitrogen and oxygen atoms in total. The molecule has 0 bridgehead atoms. The number of benzene rings is 1. The zero-order valence-electron chi connectivity index (χ0n) is 9.58. The Bertz CT molecular complexity index is 548. The quantitative estimate of drug-likeness (QED) is 0.614. The Morgan fingerprint density at radius 1 is 1.22 bits per heavy atom. The first-order chi connectivity index (χ1) is 8.70. The Balaban J connectivity index is 2.05. The zero-order valence-corrected chi connectivity index (χ0v) is 9.58. The van der Waals surface area contributed by atoms with E-state index in [2.05, 4.69) is 20.6 Å². The molecular formula is C11H10N4O3. The number of hydrogen-bond donors (Lipinski definition) is 1. The summed E-state index contributed by atoms with van der Waals surface area (Å²) in [5, 5.41) is 12.5. The molecule has 7 heteroatoms. The molecule has 0 atom stereocenters. The minimum atomic E-state index is -0.468. The van der Waals surface area contributed by atoms with Gasteiger partial charge in [0.1, 0.15) is 5.75 Å². The van der Waals surface area contributed by atoms with Gasteiger partial charge in [-0.25, -0.2) is 0 Å². The summed E-state index contributed by atoms with van der Waals surface area (Å²) >= 11 is 0. The lowest BCUT2D eigenvalue weighted by atomic mass is 10.1. The second-order valence-electron chi connectivity index (χ2n) is 3.49. The molecule has 0 aliphatic heterocycles. The molecular weight excluding hydrogens is 236 g/mol. The second-order valence-corrected chi connectivity index (χ2v) is 3.49. The van der Waals surface area contributed by atoms with Crippen LogP contribution in [-0.2, 0) is 0 Å². The van der Waals surface area contributed by atoms with Crippen molar-refractivity contribution in [2.24, 2.45) is 0 Å². The van der Waals surface area contributed by atoms with Crippen LogP contribution in [0.25, 0.3) is 0 Å². The fraction of sp³-hybridized carbons (Fsp3) is 0.182. The Morgan fingerprint density at radius 3 is 2.50 bits per heavy atom. The molecule has 0 fully saturated rings. The number of H-pyrrole nitrogens is 1. The summed E-state index contributed by atoms with van der Waals surface area (Å²) in [4.78, 5) is 23.4. The molecule has 18 heavy (non-hydrogen) atoms. The van der Waals surface area contributed by atoms with Gasteiger partial charge < -0.3 is 4.74 Å². The zero-order chi connectivity index (χ0) is 13.0. The maximum Gasteiger partial charge on any atom is 0.240 e. The Hall–Kier alpha value is -2.57. The largest absolute Gasteiger partial charge is 0.497 e. The number of methoxy groups -OCH3 is 1. The van der Waals surface area contributed by atoms with E-state index in [9.17, 15) is 9.59 Å². The van der Waals surface area contributed by atoms with Gasteiger partial charge in [0.25, 0.3) is 0 Å². The Kier molecular flexibility index (Phi) is 3.42. The third kappa shape index (κ3) is 2.57. The third-order valence-corrected chi connectivity index (χ3v) is 2.33. The van der Waals surface area contributed by atoms with E-state index < -0.39 is 5.78 Å². The summed E-state index contributed by atoms with van der Waals surface area (Å²) in [6.45, 7) is 0. The molecule has 0 aliphatic rings. The highest BCUT2D eigenvalue weighted by Gasteiger charge is 2.16. The Morgan fingerprint density at radius 2 is 1.94 bits per heavy atom. The van der Waals surface area contributed by atoms with Gasteiger partial charge in [-0.2, -0.15) is 5.21 Å². The van der Waals surface area contributed by atoms with E-state index >= 15 is 0 Å². The lowest BCUT2D eigenvalue weighted by Gasteiger charge is -2.01. The predicted molar refractivity (Wildman–Crippen MR) is 60.4 cm³/mol. The molecule has 0 unspecified atom stereocenters. The summed E-state index contributed by atoms with van der Waals surface area (Å²) in [5.41, 5.74) is 0.438. The first kappa shape index (κ1) is 11.9. The number of Topliss-reactive ketones (excluding diaryl/α,β-unsaturated/α-hetero) is 2. The van der Waals surface area contributed by atoms with Crippen LogP contribution < -0.4 is 4.74 Å². The van der Waals surface area contributed by atoms with Crippen molar-refractivity contribution >= 4 is 11.6 Å². The van der Waals surface area contributed by atoms with E-state index in [0.29, 0.717) is 11.3 Å². The molecule has 0 spiro atoms. The van der Waals surface area contributed by atoms with Gasteiger partial charge in [-0.3, -0.25) is 9.59 Å². The molecule has 2 rings (SSSR count). The molecule has 0 aliphatic carbocycles. The van der Waals surface area contributed by atoms with Crippen LogP contribution in [0.15, 0.2) is 24.3 Å². The van der Waals surface area contributed by atoms with Gasteiger partial charge in [0, 0.05) is 5.56 Å². The summed E-state index contributed by atoms with van der Waals surface area (Å²) < 4.78 is 4.98. The van der Waals surface area contributed by atoms with Crippen molar-refractivity contribution in [2.45, 2.75) is 6.42 Å². The molecule has 2 aromatic rings. The minimum Gasteiger partial charge on any atom is -0.497 e. The molecule has 1 N–H and O–H groups in total. The number of aromatic nitrogens is 4. The van der Waals surface area contributed by atoms with Crippen LogP contribution in [0.5, 0.6) is 5.75 Å². The highest BCUT2D eigenvalue weighted by Crippen LogP contribution is 2.13. The van der Waals surface area contributed by atoms with Gasteiger partial charge in [-0.1, -0.05) is 0 Å². The molecule has 0 radical (unpaired) electrons. The number of carbonyl (C=O) groups is 2. The van der Waals surface area contributed by atoms with Crippen LogP contribution in [0.3, 0.4) is 0 Å². The molecule has 92 valence electrons. The van der Waals surface area contributed by atoms with Crippen molar-refractivity contribution in [3.63, 3.8) is 0 Å². The van der Waals surface area contributed by atoms with Crippen molar-refractivity contribution in [1.82, 2.24) is 20.6 Å². The van der Waals surface area contributed by atoms with Crippen LogP contribution in [0.1, 0.15) is 27.4 Å². The molecule has 0 saturated carbocycles. The van der Waals surface area contributed by atoms with E-state index in [0.717, 1.165) is 0 Å². The van der Waals surface area contributed by atoms with Crippen LogP contribution in [0.2, 0.25) is 0 Å². The number of rotatable bonds is 5. The van der Waals surface area contributed by atoms with Crippen LogP contribution in [0, 0.1) is 0 Å². The number of aromatic amines is 1. The smallest absolute Gasteiger partial charge is 0.240 e. The lowest BCUT2D eigenvalue weighted by molar-refractivity contribution is 0.0888. The number of ketones is 2. The minimum absolute atomic E-state index is 0.0862. The van der Waals surface area contributed by atoms with Crippen LogP contribution in [0.4, 0.5) is 0 Å². The van der Waals surface area contributed by atoms with Crippen LogP contribution >= 0.6 is 0 Å².